The summed E-state index contributed by atoms with van der Waals surface area (Å²) < 4.78 is 66.4. The van der Waals surface area contributed by atoms with Gasteiger partial charge in [0, 0.05) is 0 Å². The summed E-state index contributed by atoms with van der Waals surface area (Å²) in [5, 5.41) is 9.94. The molecule has 0 aliphatic carbocycles. The Morgan fingerprint density at radius 3 is 2.15 bits per heavy atom. The molecule has 0 aromatic heterocycles. The van der Waals surface area contributed by atoms with E-state index < -0.39 is 51.3 Å². The monoisotopic (exact) mass is 597 g/mol. The van der Waals surface area contributed by atoms with E-state index in [4.69, 9.17) is 0 Å². The maximum absolute atomic E-state index is 13.1. The van der Waals surface area contributed by atoms with Gasteiger partial charge in [-0.3, -0.25) is 0 Å². The summed E-state index contributed by atoms with van der Waals surface area (Å²) in [6, 6.07) is 13.8. The van der Waals surface area contributed by atoms with Crippen LogP contribution in [0, 0.1) is 0 Å². The Labute approximate surface area is 197 Å². The number of alkyl halides is 6. The molecule has 2 aliphatic rings. The number of aliphatic carboxylic acids is 1. The number of carboxylic acids is 1. The molecule has 0 radical (unpaired) electrons. The van der Waals surface area contributed by atoms with Gasteiger partial charge in [0.05, 0.1) is 0 Å². The molecule has 2 fully saturated rings. The zero-order chi connectivity index (χ0) is 24.0. The number of carbonyl (C=O) groups is 1. The van der Waals surface area contributed by atoms with Crippen molar-refractivity contribution in [2.24, 2.45) is 0 Å². The molecule has 2 saturated heterocycles. The van der Waals surface area contributed by atoms with Gasteiger partial charge in [0.2, 0.25) is 0 Å². The molecule has 2 aliphatic heterocycles. The quantitative estimate of drug-likeness (QED) is 0.303. The SMILES string of the molecule is CI1[C@H](c2ccccc2)[C@]1(NS(=O)(=O)N1CCN(c2ccc(C(F)(F)F)cc2)CC1)C(=O)O. The fourth-order valence-corrected chi connectivity index (χ4v) is 14.2. The minimum atomic E-state index is -4.42. The molecule has 0 spiro atoms. The van der Waals surface area contributed by atoms with Crippen LogP contribution in [0.3, 0.4) is 0 Å². The molecule has 0 bridgehead atoms. The standard InChI is InChI=1S/C21H23F3IN3O4S/c1-25-18(15-5-3-2-4-6-15)20(25,19(29)30)26-33(31,32)28-13-11-27(12-14-28)17-9-7-16(8-10-17)21(22,23)24/h2-10,18,26H,11-14H2,1H3,(H,29,30)/t18-,20+/m1/s1. The summed E-state index contributed by atoms with van der Waals surface area (Å²) in [6.07, 6.45) is -4.42. The molecule has 0 unspecified atom stereocenters. The fraction of sp³-hybridized carbons (Fsp3) is 0.381. The Morgan fingerprint density at radius 2 is 1.64 bits per heavy atom. The van der Waals surface area contributed by atoms with Crippen LogP contribution < -0.4 is 9.62 Å². The molecular formula is C21H23F3IN3O4S. The van der Waals surface area contributed by atoms with Crippen molar-refractivity contribution < 1.29 is 31.5 Å². The van der Waals surface area contributed by atoms with E-state index in [1.54, 1.807) is 12.1 Å². The summed E-state index contributed by atoms with van der Waals surface area (Å²) in [5.74, 6) is -1.16. The van der Waals surface area contributed by atoms with Crippen LogP contribution in [-0.2, 0) is 21.2 Å². The van der Waals surface area contributed by atoms with Crippen LogP contribution in [0.5, 0.6) is 0 Å². The van der Waals surface area contributed by atoms with Gasteiger partial charge in [0.25, 0.3) is 0 Å². The average molecular weight is 597 g/mol. The van der Waals surface area contributed by atoms with E-state index in [0.29, 0.717) is 5.69 Å². The van der Waals surface area contributed by atoms with Gasteiger partial charge in [0.1, 0.15) is 0 Å². The number of benzene rings is 2. The number of halogens is 4. The molecule has 2 N–H and O–H groups in total. The molecule has 7 nitrogen and oxygen atoms in total. The van der Waals surface area contributed by atoms with Crippen LogP contribution in [0.4, 0.5) is 18.9 Å². The van der Waals surface area contributed by atoms with E-state index in [1.807, 2.05) is 28.0 Å². The van der Waals surface area contributed by atoms with Crippen molar-refractivity contribution in [1.82, 2.24) is 9.03 Å². The first-order chi connectivity index (χ1) is 15.5. The number of hydrogen-bond donors (Lipinski definition) is 2. The van der Waals surface area contributed by atoms with E-state index in [-0.39, 0.29) is 30.1 Å². The van der Waals surface area contributed by atoms with Crippen molar-refractivity contribution in [1.29, 1.82) is 0 Å². The van der Waals surface area contributed by atoms with Gasteiger partial charge in [-0.2, -0.15) is 13.2 Å². The van der Waals surface area contributed by atoms with Crippen LogP contribution in [0.2, 0.25) is 0 Å². The summed E-state index contributed by atoms with van der Waals surface area (Å²) in [5.41, 5.74) is 0.651. The van der Waals surface area contributed by atoms with Gasteiger partial charge < -0.3 is 0 Å². The van der Waals surface area contributed by atoms with E-state index in [2.05, 4.69) is 4.72 Å². The van der Waals surface area contributed by atoms with Crippen molar-refractivity contribution >= 4 is 41.7 Å². The molecule has 2 atom stereocenters. The van der Waals surface area contributed by atoms with Gasteiger partial charge in [-0.05, 0) is 0 Å². The Kier molecular flexibility index (Phi) is 6.39. The first-order valence-corrected chi connectivity index (χ1v) is 16.0. The van der Waals surface area contributed by atoms with Crippen LogP contribution in [0.1, 0.15) is 15.1 Å². The van der Waals surface area contributed by atoms with Gasteiger partial charge >= 0.3 is 184 Å². The third-order valence-corrected chi connectivity index (χ3v) is 14.8. The molecule has 0 amide bonds. The number of nitrogens with one attached hydrogen (secondary N) is 1. The number of nitrogens with zero attached hydrogens (tertiary/aromatic N) is 2. The van der Waals surface area contributed by atoms with E-state index in [0.717, 1.165) is 17.7 Å². The van der Waals surface area contributed by atoms with Gasteiger partial charge in [0.15, 0.2) is 0 Å². The molecule has 4 rings (SSSR count). The van der Waals surface area contributed by atoms with Crippen LogP contribution >= 0.6 is 19.8 Å². The second kappa shape index (κ2) is 8.71. The zero-order valence-corrected chi connectivity index (χ0v) is 20.6. The molecule has 180 valence electrons. The maximum atomic E-state index is 13.1. The van der Waals surface area contributed by atoms with E-state index in [9.17, 15) is 31.5 Å². The van der Waals surface area contributed by atoms with Gasteiger partial charge in [-0.25, -0.2) is 0 Å². The molecule has 2 aromatic rings. The zero-order valence-electron chi connectivity index (χ0n) is 17.6. The predicted molar refractivity (Wildman–Crippen MR) is 127 cm³/mol. The van der Waals surface area contributed by atoms with Crippen LogP contribution in [0.25, 0.3) is 0 Å². The summed E-state index contributed by atoms with van der Waals surface area (Å²) >= 11 is -2.19. The summed E-state index contributed by atoms with van der Waals surface area (Å²) in [4.78, 5) is 15.8. The van der Waals surface area contributed by atoms with E-state index >= 15 is 0 Å². The van der Waals surface area contributed by atoms with Gasteiger partial charge in [-0.15, -0.1) is 0 Å². The molecule has 12 heteroatoms. The topological polar surface area (TPSA) is 90.0 Å². The predicted octanol–water partition coefficient (Wildman–Crippen LogP) is 3.33. The average Bonchev–Trinajstić information content (AvgIpc) is 3.37. The summed E-state index contributed by atoms with van der Waals surface area (Å²) in [6.45, 7) is 0.756. The number of hydrogen-bond acceptors (Lipinski definition) is 4. The second-order valence-corrected chi connectivity index (χ2v) is 15.4. The fourth-order valence-electron chi connectivity index (χ4n) is 4.08. The molecule has 0 saturated carbocycles. The Bertz CT molecular complexity index is 1120. The Balaban J connectivity index is 1.44. The minimum absolute atomic E-state index is 0.0972. The number of carboxylic acid groups (broad SMARTS) is 1. The third kappa shape index (κ3) is 4.57. The van der Waals surface area contributed by atoms with Crippen molar-refractivity contribution in [3.63, 3.8) is 0 Å². The third-order valence-electron chi connectivity index (χ3n) is 5.92. The second-order valence-electron chi connectivity index (χ2n) is 7.84. The summed E-state index contributed by atoms with van der Waals surface area (Å²) in [7, 11) is -4.06. The number of anilines is 1. The van der Waals surface area contributed by atoms with Crippen molar-refractivity contribution in [3.8, 4) is 0 Å². The first kappa shape index (κ1) is 24.2. The first-order valence-electron chi connectivity index (χ1n) is 10.0. The van der Waals surface area contributed by atoms with Gasteiger partial charge in [-0.1, -0.05) is 0 Å². The molecule has 33 heavy (non-hydrogen) atoms. The van der Waals surface area contributed by atoms with E-state index in [1.165, 1.54) is 16.4 Å². The normalized spacial score (nSPS) is 25.2. The van der Waals surface area contributed by atoms with Crippen LogP contribution in [-0.4, -0.2) is 58.5 Å². The Hall–Kier alpha value is -1.90. The van der Waals surface area contributed by atoms with Crippen molar-refractivity contribution in [2.75, 3.05) is 36.0 Å². The number of rotatable bonds is 6. The molecule has 2 heterocycles. The molecule has 2 aromatic carbocycles. The van der Waals surface area contributed by atoms with Crippen LogP contribution in [0.15, 0.2) is 54.6 Å². The van der Waals surface area contributed by atoms with Crippen molar-refractivity contribution in [3.05, 3.63) is 65.7 Å². The van der Waals surface area contributed by atoms with Crippen molar-refractivity contribution in [2.45, 2.75) is 13.6 Å². The molecular weight excluding hydrogens is 574 g/mol. The Morgan fingerprint density at radius 1 is 1.06 bits per heavy atom. The number of piperazine rings is 1.